The Bertz CT molecular complexity index is 836. The van der Waals surface area contributed by atoms with E-state index in [1.807, 2.05) is 0 Å². The molecule has 0 saturated carbocycles. The van der Waals surface area contributed by atoms with Crippen LogP contribution in [0.3, 0.4) is 0 Å². The van der Waals surface area contributed by atoms with Gasteiger partial charge >= 0.3 is 5.97 Å². The van der Waals surface area contributed by atoms with Gasteiger partial charge in [0.05, 0.1) is 20.0 Å². The molecule has 0 amide bonds. The summed E-state index contributed by atoms with van der Waals surface area (Å²) >= 11 is 0. The van der Waals surface area contributed by atoms with Gasteiger partial charge in [0.2, 0.25) is 10.0 Å². The highest BCUT2D eigenvalue weighted by molar-refractivity contribution is 7.89. The van der Waals surface area contributed by atoms with Gasteiger partial charge in [-0.25, -0.2) is 17.2 Å². The van der Waals surface area contributed by atoms with Crippen molar-refractivity contribution in [2.75, 3.05) is 20.0 Å². The zero-order valence-electron chi connectivity index (χ0n) is 13.5. The van der Waals surface area contributed by atoms with Crippen LogP contribution in [0, 0.1) is 6.92 Å². The van der Waals surface area contributed by atoms with E-state index in [1.165, 1.54) is 13.3 Å². The summed E-state index contributed by atoms with van der Waals surface area (Å²) in [6.45, 7) is 3.56. The Hall–Kier alpha value is -2.28. The average molecular weight is 337 g/mol. The first kappa shape index (κ1) is 17.1. The molecule has 0 unspecified atom stereocenters. The van der Waals surface area contributed by atoms with Crippen LogP contribution in [-0.4, -0.2) is 38.3 Å². The summed E-state index contributed by atoms with van der Waals surface area (Å²) in [5.74, 6) is -0.140. The second kappa shape index (κ2) is 6.45. The van der Waals surface area contributed by atoms with E-state index in [1.54, 1.807) is 38.1 Å². The fraction of sp³-hybridized carbons (Fsp3) is 0.312. The van der Waals surface area contributed by atoms with E-state index >= 15 is 0 Å². The van der Waals surface area contributed by atoms with Crippen molar-refractivity contribution in [3.05, 3.63) is 41.7 Å². The van der Waals surface area contributed by atoms with Gasteiger partial charge in [0, 0.05) is 17.3 Å². The van der Waals surface area contributed by atoms with Gasteiger partial charge in [0.1, 0.15) is 11.4 Å². The number of esters is 1. The molecule has 0 aliphatic heterocycles. The van der Waals surface area contributed by atoms with Gasteiger partial charge in [0.25, 0.3) is 0 Å². The number of nitrogens with zero attached hydrogens (tertiary/aromatic N) is 1. The second-order valence-electron chi connectivity index (χ2n) is 5.02. The number of aryl methyl sites for hydroxylation is 1. The third-order valence-corrected chi connectivity index (χ3v) is 4.37. The van der Waals surface area contributed by atoms with Crippen LogP contribution in [0.4, 0.5) is 0 Å². The molecule has 0 N–H and O–H groups in total. The number of para-hydroxylation sites is 1. The lowest BCUT2D eigenvalue weighted by Gasteiger charge is -2.12. The van der Waals surface area contributed by atoms with Crippen molar-refractivity contribution < 1.29 is 22.7 Å². The van der Waals surface area contributed by atoms with Crippen molar-refractivity contribution >= 4 is 16.0 Å². The van der Waals surface area contributed by atoms with Crippen LogP contribution in [0.1, 0.15) is 23.0 Å². The molecule has 2 aromatic rings. The predicted molar refractivity (Wildman–Crippen MR) is 87.4 cm³/mol. The van der Waals surface area contributed by atoms with E-state index in [4.69, 9.17) is 9.47 Å². The van der Waals surface area contributed by atoms with E-state index in [0.717, 1.165) is 10.2 Å². The molecule has 0 aliphatic rings. The molecule has 0 saturated heterocycles. The number of aromatic nitrogens is 1. The first-order valence-corrected chi connectivity index (χ1v) is 8.89. The maximum atomic E-state index is 12.4. The highest BCUT2D eigenvalue weighted by atomic mass is 32.2. The van der Waals surface area contributed by atoms with Gasteiger partial charge in [-0.05, 0) is 25.5 Å². The van der Waals surface area contributed by atoms with E-state index in [0.29, 0.717) is 22.4 Å². The molecule has 0 spiro atoms. The maximum Gasteiger partial charge on any atom is 0.356 e. The summed E-state index contributed by atoms with van der Waals surface area (Å²) in [6.07, 6.45) is 2.46. The Morgan fingerprint density at radius 2 is 1.91 bits per heavy atom. The number of hydrogen-bond donors (Lipinski definition) is 0. The fourth-order valence-electron chi connectivity index (χ4n) is 2.45. The molecule has 0 radical (unpaired) electrons. The summed E-state index contributed by atoms with van der Waals surface area (Å²) in [5.41, 5.74) is 1.75. The van der Waals surface area contributed by atoms with E-state index in [9.17, 15) is 13.2 Å². The lowest BCUT2D eigenvalue weighted by Crippen LogP contribution is -2.18. The molecule has 2 rings (SSSR count). The van der Waals surface area contributed by atoms with Crippen LogP contribution < -0.4 is 4.74 Å². The standard InChI is InChI=1S/C16H19NO5S/c1-5-22-16(18)15-14(11(2)10-17(15)23(4,19)20)12-8-6-7-9-13(12)21-3/h6-10H,5H2,1-4H3. The van der Waals surface area contributed by atoms with Crippen molar-refractivity contribution in [1.82, 2.24) is 3.97 Å². The zero-order chi connectivity index (χ0) is 17.2. The monoisotopic (exact) mass is 337 g/mol. The summed E-state index contributed by atoms with van der Waals surface area (Å²) in [5, 5.41) is 0. The molecule has 1 heterocycles. The predicted octanol–water partition coefficient (Wildman–Crippen LogP) is 2.46. The lowest BCUT2D eigenvalue weighted by atomic mass is 10.0. The van der Waals surface area contributed by atoms with Crippen LogP contribution in [0.15, 0.2) is 30.5 Å². The van der Waals surface area contributed by atoms with Crippen LogP contribution in [0.2, 0.25) is 0 Å². The largest absolute Gasteiger partial charge is 0.496 e. The number of methoxy groups -OCH3 is 1. The highest BCUT2D eigenvalue weighted by Gasteiger charge is 2.27. The Morgan fingerprint density at radius 3 is 2.48 bits per heavy atom. The lowest BCUT2D eigenvalue weighted by molar-refractivity contribution is 0.0519. The summed E-state index contributed by atoms with van der Waals surface area (Å²) < 4.78 is 35.4. The normalized spacial score (nSPS) is 11.3. The van der Waals surface area contributed by atoms with Crippen molar-refractivity contribution in [2.45, 2.75) is 13.8 Å². The number of hydrogen-bond acceptors (Lipinski definition) is 5. The minimum absolute atomic E-state index is 0.0173. The van der Waals surface area contributed by atoms with Crippen LogP contribution in [-0.2, 0) is 14.8 Å². The SMILES string of the molecule is CCOC(=O)c1c(-c2ccccc2OC)c(C)cn1S(C)(=O)=O. The van der Waals surface area contributed by atoms with Crippen LogP contribution in [0.5, 0.6) is 5.75 Å². The Kier molecular flexibility index (Phi) is 4.79. The number of benzene rings is 1. The first-order valence-electron chi connectivity index (χ1n) is 7.04. The fourth-order valence-corrected chi connectivity index (χ4v) is 3.29. The minimum Gasteiger partial charge on any atom is -0.496 e. The van der Waals surface area contributed by atoms with Crippen molar-refractivity contribution in [2.24, 2.45) is 0 Å². The Morgan fingerprint density at radius 1 is 1.26 bits per heavy atom. The third-order valence-electron chi connectivity index (χ3n) is 3.36. The van der Waals surface area contributed by atoms with Gasteiger partial charge in [0.15, 0.2) is 0 Å². The highest BCUT2D eigenvalue weighted by Crippen LogP contribution is 2.36. The smallest absolute Gasteiger partial charge is 0.356 e. The number of carbonyl (C=O) groups is 1. The quantitative estimate of drug-likeness (QED) is 0.784. The van der Waals surface area contributed by atoms with E-state index in [2.05, 4.69) is 0 Å². The maximum absolute atomic E-state index is 12.4. The van der Waals surface area contributed by atoms with Crippen LogP contribution in [0.25, 0.3) is 11.1 Å². The molecular formula is C16H19NO5S. The molecule has 1 aromatic carbocycles. The Labute approximate surface area is 135 Å². The molecule has 0 atom stereocenters. The van der Waals surface area contributed by atoms with Crippen molar-refractivity contribution in [3.63, 3.8) is 0 Å². The molecule has 124 valence electrons. The molecule has 0 aliphatic carbocycles. The molecule has 0 bridgehead atoms. The summed E-state index contributed by atoms with van der Waals surface area (Å²) in [6, 6.07) is 7.12. The van der Waals surface area contributed by atoms with Gasteiger partial charge in [-0.1, -0.05) is 18.2 Å². The first-order chi connectivity index (χ1) is 10.8. The topological polar surface area (TPSA) is 74.6 Å². The average Bonchev–Trinajstić information content (AvgIpc) is 2.85. The number of carbonyl (C=O) groups excluding carboxylic acids is 1. The molecule has 23 heavy (non-hydrogen) atoms. The van der Waals surface area contributed by atoms with E-state index < -0.39 is 16.0 Å². The molecule has 6 nitrogen and oxygen atoms in total. The third kappa shape index (κ3) is 3.24. The van der Waals surface area contributed by atoms with Gasteiger partial charge in [-0.15, -0.1) is 0 Å². The van der Waals surface area contributed by atoms with Crippen molar-refractivity contribution in [1.29, 1.82) is 0 Å². The number of rotatable bonds is 5. The molecule has 7 heteroatoms. The molecule has 1 aromatic heterocycles. The minimum atomic E-state index is -3.65. The van der Waals surface area contributed by atoms with Gasteiger partial charge in [-0.2, -0.15) is 0 Å². The van der Waals surface area contributed by atoms with Crippen molar-refractivity contribution in [3.8, 4) is 16.9 Å². The van der Waals surface area contributed by atoms with Gasteiger partial charge in [-0.3, -0.25) is 0 Å². The van der Waals surface area contributed by atoms with Gasteiger partial charge < -0.3 is 9.47 Å². The number of ether oxygens (including phenoxy) is 2. The Balaban J connectivity index is 2.83. The summed E-state index contributed by atoms with van der Waals surface area (Å²) in [4.78, 5) is 12.4. The van der Waals surface area contributed by atoms with Crippen LogP contribution >= 0.6 is 0 Å². The molecule has 0 fully saturated rings. The second-order valence-corrected chi connectivity index (χ2v) is 6.87. The van der Waals surface area contributed by atoms with E-state index in [-0.39, 0.29) is 12.3 Å². The zero-order valence-corrected chi connectivity index (χ0v) is 14.3. The molecular weight excluding hydrogens is 318 g/mol. The summed E-state index contributed by atoms with van der Waals surface area (Å²) in [7, 11) is -2.13.